The maximum Gasteiger partial charge on any atom is 0.325 e. The van der Waals surface area contributed by atoms with Crippen LogP contribution >= 0.6 is 0 Å². The molecule has 1 aromatic rings. The van der Waals surface area contributed by atoms with Crippen LogP contribution in [0.25, 0.3) is 0 Å². The van der Waals surface area contributed by atoms with Crippen LogP contribution in [0.2, 0.25) is 0 Å². The maximum absolute atomic E-state index is 12.3. The number of carbonyl (C=O) groups is 2. The van der Waals surface area contributed by atoms with Gasteiger partial charge in [-0.2, -0.15) is 5.26 Å². The highest BCUT2D eigenvalue weighted by atomic mass is 16.2. The number of imide groups is 1. The molecule has 1 N–H and O–H groups in total. The first-order valence-electron chi connectivity index (χ1n) is 6.91. The molecule has 0 saturated carbocycles. The number of hydrogen-bond acceptors (Lipinski definition) is 3. The molecule has 1 saturated heterocycles. The van der Waals surface area contributed by atoms with Gasteiger partial charge in [0, 0.05) is 6.54 Å². The van der Waals surface area contributed by atoms with E-state index in [-0.39, 0.29) is 5.91 Å². The Morgan fingerprint density at radius 1 is 1.29 bits per heavy atom. The van der Waals surface area contributed by atoms with E-state index in [0.717, 1.165) is 5.56 Å². The van der Waals surface area contributed by atoms with Crippen molar-refractivity contribution in [3.8, 4) is 6.07 Å². The molecule has 0 radical (unpaired) electrons. The molecular weight excluding hydrogens is 266 g/mol. The predicted octanol–water partition coefficient (Wildman–Crippen LogP) is 2.39. The molecule has 5 heteroatoms. The number of nitrogens with zero attached hydrogens (tertiary/aromatic N) is 2. The lowest BCUT2D eigenvalue weighted by Gasteiger charge is -2.33. The first-order chi connectivity index (χ1) is 9.81. The van der Waals surface area contributed by atoms with Gasteiger partial charge in [0.25, 0.3) is 5.91 Å². The Bertz CT molecular complexity index is 604. The largest absolute Gasteiger partial charge is 0.325 e. The summed E-state index contributed by atoms with van der Waals surface area (Å²) in [5.41, 5.74) is -0.795. The molecule has 1 aliphatic rings. The Hall–Kier alpha value is -2.35. The lowest BCUT2D eigenvalue weighted by atomic mass is 9.87. The summed E-state index contributed by atoms with van der Waals surface area (Å²) in [4.78, 5) is 25.9. The SMILES string of the molecule is CC(C)(C#N)CCN1C(=O)NC(=O)C1(C)c1ccccc1. The van der Waals surface area contributed by atoms with E-state index in [2.05, 4.69) is 11.4 Å². The van der Waals surface area contributed by atoms with E-state index < -0.39 is 17.0 Å². The van der Waals surface area contributed by atoms with Gasteiger partial charge in [0.2, 0.25) is 0 Å². The zero-order valence-corrected chi connectivity index (χ0v) is 12.5. The van der Waals surface area contributed by atoms with Gasteiger partial charge in [0.15, 0.2) is 0 Å². The number of rotatable bonds is 4. The van der Waals surface area contributed by atoms with Crippen molar-refractivity contribution in [2.75, 3.05) is 6.54 Å². The summed E-state index contributed by atoms with van der Waals surface area (Å²) in [5.74, 6) is -0.325. The van der Waals surface area contributed by atoms with Crippen LogP contribution in [0.5, 0.6) is 0 Å². The normalized spacial score (nSPS) is 22.1. The van der Waals surface area contributed by atoms with Gasteiger partial charge in [0.1, 0.15) is 5.54 Å². The highest BCUT2D eigenvalue weighted by Crippen LogP contribution is 2.34. The smallest absolute Gasteiger partial charge is 0.306 e. The van der Waals surface area contributed by atoms with E-state index in [1.807, 2.05) is 44.2 Å². The van der Waals surface area contributed by atoms with Crippen LogP contribution in [0, 0.1) is 16.7 Å². The Labute approximate surface area is 124 Å². The van der Waals surface area contributed by atoms with Crippen molar-refractivity contribution >= 4 is 11.9 Å². The summed E-state index contributed by atoms with van der Waals surface area (Å²) >= 11 is 0. The molecule has 0 aromatic heterocycles. The highest BCUT2D eigenvalue weighted by Gasteiger charge is 2.50. The zero-order chi connectivity index (χ0) is 15.7. The van der Waals surface area contributed by atoms with Gasteiger partial charge in [-0.25, -0.2) is 4.79 Å². The Morgan fingerprint density at radius 2 is 1.90 bits per heavy atom. The highest BCUT2D eigenvalue weighted by molar-refractivity contribution is 6.07. The topological polar surface area (TPSA) is 73.2 Å². The van der Waals surface area contributed by atoms with Crippen LogP contribution in [-0.4, -0.2) is 23.4 Å². The molecule has 1 heterocycles. The van der Waals surface area contributed by atoms with Crippen molar-refractivity contribution in [2.45, 2.75) is 32.7 Å². The fourth-order valence-electron chi connectivity index (χ4n) is 2.43. The number of nitriles is 1. The molecule has 0 bridgehead atoms. The van der Waals surface area contributed by atoms with Crippen molar-refractivity contribution in [3.05, 3.63) is 35.9 Å². The van der Waals surface area contributed by atoms with E-state index in [9.17, 15) is 9.59 Å². The molecule has 110 valence electrons. The Balaban J connectivity index is 2.32. The summed E-state index contributed by atoms with van der Waals surface area (Å²) in [5, 5.41) is 11.5. The summed E-state index contributed by atoms with van der Waals surface area (Å²) < 4.78 is 0. The van der Waals surface area contributed by atoms with Crippen molar-refractivity contribution in [2.24, 2.45) is 5.41 Å². The monoisotopic (exact) mass is 285 g/mol. The minimum atomic E-state index is -1.02. The first-order valence-corrected chi connectivity index (χ1v) is 6.91. The molecule has 3 amide bonds. The summed E-state index contributed by atoms with van der Waals surface area (Å²) in [6, 6.07) is 11.0. The molecule has 5 nitrogen and oxygen atoms in total. The minimum Gasteiger partial charge on any atom is -0.306 e. The molecule has 1 aliphatic heterocycles. The number of amides is 3. The predicted molar refractivity (Wildman–Crippen MR) is 78.0 cm³/mol. The lowest BCUT2D eigenvalue weighted by molar-refractivity contribution is -0.126. The number of urea groups is 1. The summed E-state index contributed by atoms with van der Waals surface area (Å²) in [6.45, 7) is 5.73. The van der Waals surface area contributed by atoms with Crippen LogP contribution in [0.1, 0.15) is 32.8 Å². The fourth-order valence-corrected chi connectivity index (χ4v) is 2.43. The quantitative estimate of drug-likeness (QED) is 0.863. The van der Waals surface area contributed by atoms with Crippen molar-refractivity contribution < 1.29 is 9.59 Å². The number of benzene rings is 1. The number of carbonyl (C=O) groups excluding carboxylic acids is 2. The van der Waals surface area contributed by atoms with Crippen LogP contribution in [0.3, 0.4) is 0 Å². The van der Waals surface area contributed by atoms with Crippen LogP contribution in [-0.2, 0) is 10.3 Å². The van der Waals surface area contributed by atoms with Crippen LogP contribution in [0.4, 0.5) is 4.79 Å². The van der Waals surface area contributed by atoms with Gasteiger partial charge in [0.05, 0.1) is 11.5 Å². The van der Waals surface area contributed by atoms with Gasteiger partial charge in [-0.15, -0.1) is 0 Å². The first kappa shape index (κ1) is 15.0. The summed E-state index contributed by atoms with van der Waals surface area (Å²) in [6.07, 6.45) is 0.507. The molecule has 1 fully saturated rings. The zero-order valence-electron chi connectivity index (χ0n) is 12.5. The second-order valence-electron chi connectivity index (χ2n) is 6.09. The van der Waals surface area contributed by atoms with E-state index in [1.165, 1.54) is 4.90 Å². The number of nitrogens with one attached hydrogen (secondary N) is 1. The molecule has 0 spiro atoms. The second kappa shape index (κ2) is 5.21. The molecule has 1 atom stereocenters. The van der Waals surface area contributed by atoms with E-state index in [0.29, 0.717) is 13.0 Å². The van der Waals surface area contributed by atoms with Crippen molar-refractivity contribution in [1.29, 1.82) is 5.26 Å². The maximum atomic E-state index is 12.3. The molecule has 21 heavy (non-hydrogen) atoms. The number of hydrogen-bond donors (Lipinski definition) is 1. The van der Waals surface area contributed by atoms with Crippen molar-refractivity contribution in [3.63, 3.8) is 0 Å². The lowest BCUT2D eigenvalue weighted by Crippen LogP contribution is -2.45. The van der Waals surface area contributed by atoms with Gasteiger partial charge >= 0.3 is 6.03 Å². The standard InChI is InChI=1S/C16H19N3O2/c1-15(2,11-17)9-10-19-14(21)18-13(20)16(19,3)12-7-5-4-6-8-12/h4-8H,9-10H2,1-3H3,(H,18,20,21). The minimum absolute atomic E-state index is 0.325. The third-order valence-electron chi connectivity index (χ3n) is 4.05. The van der Waals surface area contributed by atoms with Gasteiger partial charge in [-0.05, 0) is 32.8 Å². The average molecular weight is 285 g/mol. The third-order valence-corrected chi connectivity index (χ3v) is 4.05. The summed E-state index contributed by atoms with van der Waals surface area (Å²) in [7, 11) is 0. The van der Waals surface area contributed by atoms with Crippen LogP contribution < -0.4 is 5.32 Å². The second-order valence-corrected chi connectivity index (χ2v) is 6.09. The van der Waals surface area contributed by atoms with E-state index in [4.69, 9.17) is 5.26 Å². The average Bonchev–Trinajstić information content (AvgIpc) is 2.69. The van der Waals surface area contributed by atoms with Gasteiger partial charge in [-0.1, -0.05) is 30.3 Å². The van der Waals surface area contributed by atoms with Gasteiger partial charge < -0.3 is 4.90 Å². The van der Waals surface area contributed by atoms with E-state index in [1.54, 1.807) is 6.92 Å². The van der Waals surface area contributed by atoms with E-state index >= 15 is 0 Å². The molecule has 1 unspecified atom stereocenters. The molecule has 0 aliphatic carbocycles. The fraction of sp³-hybridized carbons (Fsp3) is 0.438. The molecular formula is C16H19N3O2. The van der Waals surface area contributed by atoms with Crippen LogP contribution in [0.15, 0.2) is 30.3 Å². The van der Waals surface area contributed by atoms with Gasteiger partial charge in [-0.3, -0.25) is 10.1 Å². The van der Waals surface area contributed by atoms with Crippen molar-refractivity contribution in [1.82, 2.24) is 10.2 Å². The Kier molecular flexibility index (Phi) is 3.73. The third kappa shape index (κ3) is 2.62. The molecule has 2 rings (SSSR count). The Morgan fingerprint density at radius 3 is 2.48 bits per heavy atom. The molecule has 1 aromatic carbocycles.